The number of rotatable bonds is 9. The number of primary amides is 1. The van der Waals surface area contributed by atoms with Crippen LogP contribution in [0.3, 0.4) is 0 Å². The zero-order chi connectivity index (χ0) is 28.1. The molecular weight excluding hydrogens is 498 g/mol. The van der Waals surface area contributed by atoms with Gasteiger partial charge in [-0.3, -0.25) is 19.2 Å². The van der Waals surface area contributed by atoms with E-state index in [1.807, 2.05) is 30.3 Å². The molecule has 2 fully saturated rings. The molecular formula is C29H37N5O5. The summed E-state index contributed by atoms with van der Waals surface area (Å²) in [5, 5.41) is 9.51. The largest absolute Gasteiger partial charge is 0.508 e. The lowest BCUT2D eigenvalue weighted by Gasteiger charge is -2.36. The molecule has 2 aliphatic heterocycles. The van der Waals surface area contributed by atoms with Gasteiger partial charge in [-0.1, -0.05) is 42.5 Å². The van der Waals surface area contributed by atoms with Crippen LogP contribution in [-0.2, 0) is 32.0 Å². The molecule has 10 nitrogen and oxygen atoms in total. The first-order valence-electron chi connectivity index (χ1n) is 13.4. The number of carbonyl (C=O) groups excluding carboxylic acids is 4. The molecule has 39 heavy (non-hydrogen) atoms. The van der Waals surface area contributed by atoms with Crippen LogP contribution >= 0.6 is 0 Å². The Bertz CT molecular complexity index is 1190. The molecule has 0 bridgehead atoms. The summed E-state index contributed by atoms with van der Waals surface area (Å²) < 4.78 is 0. The predicted molar refractivity (Wildman–Crippen MR) is 145 cm³/mol. The number of benzene rings is 2. The number of nitrogens with zero attached hydrogens (tertiary/aromatic N) is 3. The Labute approximate surface area is 228 Å². The third-order valence-electron chi connectivity index (χ3n) is 7.77. The fourth-order valence-electron chi connectivity index (χ4n) is 5.61. The number of likely N-dealkylation sites (tertiary alicyclic amines) is 2. The van der Waals surface area contributed by atoms with Crippen molar-refractivity contribution in [1.82, 2.24) is 14.7 Å². The van der Waals surface area contributed by atoms with Gasteiger partial charge in [-0.15, -0.1) is 0 Å². The van der Waals surface area contributed by atoms with Crippen molar-refractivity contribution in [1.29, 1.82) is 0 Å². The normalized spacial score (nSPS) is 20.5. The van der Waals surface area contributed by atoms with Crippen molar-refractivity contribution in [2.45, 2.75) is 62.7 Å². The summed E-state index contributed by atoms with van der Waals surface area (Å²) in [5.74, 6) is -1.41. The van der Waals surface area contributed by atoms with Crippen LogP contribution in [0.1, 0.15) is 36.8 Å². The summed E-state index contributed by atoms with van der Waals surface area (Å²) in [4.78, 5) is 57.4. The number of carbonyl (C=O) groups is 4. The summed E-state index contributed by atoms with van der Waals surface area (Å²) in [7, 11) is 1.58. The molecule has 0 aliphatic carbocycles. The lowest BCUT2D eigenvalue weighted by Crippen LogP contribution is -2.58. The number of nitrogens with two attached hydrogens (primary N) is 2. The fraction of sp³-hybridized carbons (Fsp3) is 0.448. The second-order valence-corrected chi connectivity index (χ2v) is 10.4. The molecule has 4 atom stereocenters. The van der Waals surface area contributed by atoms with Gasteiger partial charge in [0.15, 0.2) is 0 Å². The van der Waals surface area contributed by atoms with Gasteiger partial charge in [-0.2, -0.15) is 0 Å². The highest BCUT2D eigenvalue weighted by molar-refractivity contribution is 5.95. The van der Waals surface area contributed by atoms with Gasteiger partial charge in [0, 0.05) is 26.6 Å². The smallest absolute Gasteiger partial charge is 0.246 e. The van der Waals surface area contributed by atoms with Crippen LogP contribution in [0, 0.1) is 0 Å². The highest BCUT2D eigenvalue weighted by Crippen LogP contribution is 2.25. The first-order valence-corrected chi connectivity index (χ1v) is 13.4. The molecule has 2 heterocycles. The predicted octanol–water partition coefficient (Wildman–Crippen LogP) is 0.799. The van der Waals surface area contributed by atoms with Crippen molar-refractivity contribution in [3.63, 3.8) is 0 Å². The van der Waals surface area contributed by atoms with E-state index in [1.54, 1.807) is 19.2 Å². The average Bonchev–Trinajstić information content (AvgIpc) is 3.62. The van der Waals surface area contributed by atoms with Crippen molar-refractivity contribution in [3.8, 4) is 5.75 Å². The monoisotopic (exact) mass is 535 g/mol. The van der Waals surface area contributed by atoms with Crippen molar-refractivity contribution in [2.75, 3.05) is 20.1 Å². The molecule has 2 saturated heterocycles. The molecule has 10 heteroatoms. The first-order chi connectivity index (χ1) is 18.7. The Morgan fingerprint density at radius 3 is 2.05 bits per heavy atom. The SMILES string of the molecule is CN(C(=O)[C@@H]1CCCN1C(=O)[C@@H](N)Cc1ccc(O)cc1)[C@@H](Cc1ccccc1)C(=O)N1CCC[C@H]1C(N)=O. The maximum Gasteiger partial charge on any atom is 0.246 e. The molecule has 0 radical (unpaired) electrons. The second-order valence-electron chi connectivity index (χ2n) is 10.4. The number of phenols is 1. The van der Waals surface area contributed by atoms with E-state index in [2.05, 4.69) is 0 Å². The van der Waals surface area contributed by atoms with Crippen LogP contribution in [0.15, 0.2) is 54.6 Å². The maximum atomic E-state index is 13.8. The van der Waals surface area contributed by atoms with Crippen molar-refractivity contribution >= 4 is 23.6 Å². The maximum absolute atomic E-state index is 13.8. The molecule has 2 aromatic rings. The number of aromatic hydroxyl groups is 1. The quantitative estimate of drug-likeness (QED) is 0.432. The van der Waals surface area contributed by atoms with E-state index in [0.717, 1.165) is 11.1 Å². The topological polar surface area (TPSA) is 150 Å². The zero-order valence-corrected chi connectivity index (χ0v) is 22.2. The van der Waals surface area contributed by atoms with Gasteiger partial charge >= 0.3 is 0 Å². The third-order valence-corrected chi connectivity index (χ3v) is 7.77. The highest BCUT2D eigenvalue weighted by Gasteiger charge is 2.43. The average molecular weight is 536 g/mol. The minimum atomic E-state index is -0.858. The minimum Gasteiger partial charge on any atom is -0.508 e. The van der Waals surface area contributed by atoms with Gasteiger partial charge in [-0.05, 0) is 55.4 Å². The number of likely N-dealkylation sites (N-methyl/N-ethyl adjacent to an activating group) is 1. The van der Waals surface area contributed by atoms with Gasteiger partial charge < -0.3 is 31.3 Å². The summed E-state index contributed by atoms with van der Waals surface area (Å²) >= 11 is 0. The molecule has 5 N–H and O–H groups in total. The molecule has 2 aliphatic rings. The Morgan fingerprint density at radius 1 is 0.872 bits per heavy atom. The lowest BCUT2D eigenvalue weighted by molar-refractivity contribution is -0.151. The van der Waals surface area contributed by atoms with E-state index >= 15 is 0 Å². The summed E-state index contributed by atoms with van der Waals surface area (Å²) in [6.07, 6.45) is 2.82. The van der Waals surface area contributed by atoms with E-state index in [4.69, 9.17) is 11.5 Å². The minimum absolute atomic E-state index is 0.127. The standard InChI is InChI=1S/C29H37N5O5/c1-32(25(18-19-7-3-2-4-8-19)29(39)33-15-5-9-23(33)26(31)36)28(38)24-10-6-16-34(24)27(37)22(30)17-20-11-13-21(35)14-12-20/h2-4,7-8,11-14,22-25,35H,5-6,9-10,15-18,30H2,1H3,(H2,31,36)/t22-,23-,24-,25-/m0/s1. The van der Waals surface area contributed by atoms with Crippen molar-refractivity contribution in [2.24, 2.45) is 11.5 Å². The molecule has 0 saturated carbocycles. The van der Waals surface area contributed by atoms with Crippen LogP contribution in [-0.4, -0.2) is 87.7 Å². The molecule has 0 aromatic heterocycles. The van der Waals surface area contributed by atoms with E-state index in [0.29, 0.717) is 38.8 Å². The van der Waals surface area contributed by atoms with Crippen LogP contribution < -0.4 is 11.5 Å². The molecule has 4 amide bonds. The van der Waals surface area contributed by atoms with Gasteiger partial charge in [0.2, 0.25) is 23.6 Å². The molecule has 0 unspecified atom stereocenters. The third kappa shape index (κ3) is 6.39. The second kappa shape index (κ2) is 12.3. The van der Waals surface area contributed by atoms with E-state index in [9.17, 15) is 24.3 Å². The van der Waals surface area contributed by atoms with Crippen molar-refractivity contribution < 1.29 is 24.3 Å². The Hall–Kier alpha value is -3.92. The molecule has 0 spiro atoms. The van der Waals surface area contributed by atoms with Gasteiger partial charge in [0.1, 0.15) is 23.9 Å². The van der Waals surface area contributed by atoms with E-state index < -0.39 is 30.1 Å². The highest BCUT2D eigenvalue weighted by atomic mass is 16.3. The Morgan fingerprint density at radius 2 is 1.44 bits per heavy atom. The summed E-state index contributed by atoms with van der Waals surface area (Å²) in [5.41, 5.74) is 13.5. The number of amides is 4. The van der Waals surface area contributed by atoms with Crippen LogP contribution in [0.2, 0.25) is 0 Å². The fourth-order valence-corrected chi connectivity index (χ4v) is 5.61. The van der Waals surface area contributed by atoms with Crippen LogP contribution in [0.25, 0.3) is 0 Å². The number of hydrogen-bond acceptors (Lipinski definition) is 6. The van der Waals surface area contributed by atoms with Crippen LogP contribution in [0.4, 0.5) is 0 Å². The lowest BCUT2D eigenvalue weighted by atomic mass is 10.0. The van der Waals surface area contributed by atoms with E-state index in [1.165, 1.54) is 26.8 Å². The van der Waals surface area contributed by atoms with Gasteiger partial charge in [0.25, 0.3) is 0 Å². The van der Waals surface area contributed by atoms with Gasteiger partial charge in [-0.25, -0.2) is 0 Å². The first kappa shape index (κ1) is 28.1. The summed E-state index contributed by atoms with van der Waals surface area (Å²) in [6, 6.07) is 12.8. The van der Waals surface area contributed by atoms with Crippen LogP contribution in [0.5, 0.6) is 5.75 Å². The Balaban J connectivity index is 1.52. The molecule has 4 rings (SSSR count). The Kier molecular flexibility index (Phi) is 8.86. The zero-order valence-electron chi connectivity index (χ0n) is 22.2. The van der Waals surface area contributed by atoms with E-state index in [-0.39, 0.29) is 36.3 Å². The molecule has 2 aromatic carbocycles. The van der Waals surface area contributed by atoms with Crippen molar-refractivity contribution in [3.05, 3.63) is 65.7 Å². The summed E-state index contributed by atoms with van der Waals surface area (Å²) in [6.45, 7) is 0.805. The number of phenolic OH excluding ortho intramolecular Hbond substituents is 1. The van der Waals surface area contributed by atoms with Gasteiger partial charge in [0.05, 0.1) is 6.04 Å². The molecule has 208 valence electrons. The number of hydrogen-bond donors (Lipinski definition) is 3.